The average molecular weight is 572 g/mol. The summed E-state index contributed by atoms with van der Waals surface area (Å²) in [5.74, 6) is -1.75. The van der Waals surface area contributed by atoms with Crippen LogP contribution in [0.1, 0.15) is 34.1 Å². The second-order valence-electron chi connectivity index (χ2n) is 9.28. The molecule has 2 aromatic carbocycles. The first-order valence-electron chi connectivity index (χ1n) is 12.3. The smallest absolute Gasteiger partial charge is 0.301 e. The van der Waals surface area contributed by atoms with Gasteiger partial charge in [-0.3, -0.25) is 14.5 Å². The molecule has 40 heavy (non-hydrogen) atoms. The maximum Gasteiger partial charge on any atom is 0.301 e. The molecule has 0 aliphatic carbocycles. The molecule has 11 heteroatoms. The lowest BCUT2D eigenvalue weighted by atomic mass is 9.96. The number of pyridine rings is 1. The Morgan fingerprint density at radius 3 is 2.50 bits per heavy atom. The summed E-state index contributed by atoms with van der Waals surface area (Å²) in [5.41, 5.74) is 3.92. The normalized spacial score (nSPS) is 16.8. The van der Waals surface area contributed by atoms with E-state index in [0.29, 0.717) is 27.0 Å². The highest BCUT2D eigenvalue weighted by Gasteiger charge is 2.48. The summed E-state index contributed by atoms with van der Waals surface area (Å²) in [6, 6.07) is 18.1. The van der Waals surface area contributed by atoms with Crippen LogP contribution in [0.4, 0.5) is 9.52 Å². The summed E-state index contributed by atoms with van der Waals surface area (Å²) in [4.78, 5) is 32.9. The lowest BCUT2D eigenvalue weighted by Crippen LogP contribution is -2.29. The van der Waals surface area contributed by atoms with E-state index in [2.05, 4.69) is 15.2 Å². The van der Waals surface area contributed by atoms with Crippen molar-refractivity contribution < 1.29 is 19.1 Å². The second kappa shape index (κ2) is 10.3. The Kier molecular flexibility index (Phi) is 6.68. The molecule has 1 unspecified atom stereocenters. The van der Waals surface area contributed by atoms with Crippen molar-refractivity contribution in [3.8, 4) is 0 Å². The van der Waals surface area contributed by atoms with Crippen LogP contribution in [0.2, 0.25) is 0 Å². The molecule has 1 N–H and O–H groups in total. The molecule has 0 radical (unpaired) electrons. The zero-order chi connectivity index (χ0) is 28.0. The Bertz CT molecular complexity index is 1800. The third-order valence-corrected chi connectivity index (χ3v) is 8.87. The number of aliphatic hydroxyl groups excluding tert-OH is 1. The number of carbonyl (C=O) groups excluding carboxylic acids is 2. The molecule has 1 saturated heterocycles. The Hall–Kier alpha value is -4.35. The van der Waals surface area contributed by atoms with Gasteiger partial charge in [0.2, 0.25) is 5.13 Å². The SMILES string of the molecule is Cc1cccn2c(C)c(C(O)=C3C(=O)C(=O)N(c4nnc(SCc5ccc(F)cc5)s4)C3c3ccccc3)nc12. The van der Waals surface area contributed by atoms with Crippen molar-refractivity contribution >= 4 is 51.3 Å². The van der Waals surface area contributed by atoms with Gasteiger partial charge < -0.3 is 9.51 Å². The van der Waals surface area contributed by atoms with E-state index in [1.165, 1.54) is 40.1 Å². The molecule has 0 saturated carbocycles. The first kappa shape index (κ1) is 25.9. The summed E-state index contributed by atoms with van der Waals surface area (Å²) in [6.45, 7) is 3.72. The van der Waals surface area contributed by atoms with Gasteiger partial charge in [0.05, 0.1) is 17.3 Å². The number of rotatable bonds is 6. The summed E-state index contributed by atoms with van der Waals surface area (Å²) in [6.07, 6.45) is 1.83. The van der Waals surface area contributed by atoms with Crippen LogP contribution in [0, 0.1) is 19.7 Å². The van der Waals surface area contributed by atoms with Crippen LogP contribution in [-0.2, 0) is 15.3 Å². The van der Waals surface area contributed by atoms with E-state index in [-0.39, 0.29) is 28.0 Å². The van der Waals surface area contributed by atoms with Crippen molar-refractivity contribution in [3.63, 3.8) is 0 Å². The zero-order valence-corrected chi connectivity index (χ0v) is 23.0. The number of imidazole rings is 1. The van der Waals surface area contributed by atoms with Crippen molar-refractivity contribution in [1.82, 2.24) is 19.6 Å². The molecule has 8 nitrogen and oxygen atoms in total. The van der Waals surface area contributed by atoms with Crippen LogP contribution >= 0.6 is 23.1 Å². The summed E-state index contributed by atoms with van der Waals surface area (Å²) >= 11 is 2.56. The lowest BCUT2D eigenvalue weighted by molar-refractivity contribution is -0.132. The molecular formula is C29H22FN5O3S2. The average Bonchev–Trinajstić information content (AvgIpc) is 3.64. The van der Waals surface area contributed by atoms with E-state index in [9.17, 15) is 19.1 Å². The van der Waals surface area contributed by atoms with Crippen LogP contribution in [0.5, 0.6) is 0 Å². The molecule has 0 spiro atoms. The number of anilines is 1. The van der Waals surface area contributed by atoms with Crippen LogP contribution in [0.25, 0.3) is 11.4 Å². The van der Waals surface area contributed by atoms with Gasteiger partial charge in [0.1, 0.15) is 17.2 Å². The Balaban J connectivity index is 1.41. The number of hydrogen-bond acceptors (Lipinski definition) is 8. The summed E-state index contributed by atoms with van der Waals surface area (Å²) < 4.78 is 15.7. The third kappa shape index (κ3) is 4.46. The number of benzene rings is 2. The minimum Gasteiger partial charge on any atom is -0.505 e. The molecule has 1 fully saturated rings. The first-order chi connectivity index (χ1) is 19.3. The maximum absolute atomic E-state index is 13.5. The number of aromatic nitrogens is 4. The predicted octanol–water partition coefficient (Wildman–Crippen LogP) is 5.86. The molecule has 1 amide bonds. The maximum atomic E-state index is 13.5. The van der Waals surface area contributed by atoms with Crippen LogP contribution in [-0.4, -0.2) is 36.4 Å². The highest BCUT2D eigenvalue weighted by molar-refractivity contribution is 8.00. The number of carbonyl (C=O) groups is 2. The van der Waals surface area contributed by atoms with E-state index in [1.807, 2.05) is 35.7 Å². The van der Waals surface area contributed by atoms with Gasteiger partial charge in [-0.15, -0.1) is 10.2 Å². The first-order valence-corrected chi connectivity index (χ1v) is 14.1. The van der Waals surface area contributed by atoms with E-state index >= 15 is 0 Å². The monoisotopic (exact) mass is 571 g/mol. The second-order valence-corrected chi connectivity index (χ2v) is 11.5. The quantitative estimate of drug-likeness (QED) is 0.0896. The fourth-order valence-electron chi connectivity index (χ4n) is 4.74. The van der Waals surface area contributed by atoms with E-state index in [4.69, 9.17) is 0 Å². The molecule has 1 aliphatic rings. The number of aliphatic hydroxyl groups is 1. The molecule has 1 aliphatic heterocycles. The van der Waals surface area contributed by atoms with Gasteiger partial charge in [-0.05, 0) is 48.7 Å². The number of Topliss-reactive ketones (excluding diaryl/α,β-unsaturated/α-hetero) is 1. The molecule has 5 aromatic rings. The van der Waals surface area contributed by atoms with Crippen LogP contribution in [0.15, 0.2) is 82.8 Å². The highest BCUT2D eigenvalue weighted by Crippen LogP contribution is 2.44. The number of aryl methyl sites for hydroxylation is 2. The molecular weight excluding hydrogens is 549 g/mol. The number of fused-ring (bicyclic) bond motifs is 1. The number of amides is 1. The summed E-state index contributed by atoms with van der Waals surface area (Å²) in [5, 5.41) is 20.2. The van der Waals surface area contributed by atoms with Crippen molar-refractivity contribution in [2.75, 3.05) is 4.90 Å². The number of halogens is 1. The number of ketones is 1. The Morgan fingerprint density at radius 2 is 1.77 bits per heavy atom. The highest BCUT2D eigenvalue weighted by atomic mass is 32.2. The van der Waals surface area contributed by atoms with Gasteiger partial charge in [0.25, 0.3) is 5.78 Å². The van der Waals surface area contributed by atoms with E-state index in [0.717, 1.165) is 11.1 Å². The zero-order valence-electron chi connectivity index (χ0n) is 21.4. The van der Waals surface area contributed by atoms with Crippen molar-refractivity contribution in [1.29, 1.82) is 0 Å². The standard InChI is InChI=1S/C29H22FN5O3S2/c1-16-7-6-14-34-17(2)22(31-26(16)34)24(36)21-23(19-8-4-3-5-9-19)35(27(38)25(21)37)28-32-33-29(40-28)39-15-18-10-12-20(30)13-11-18/h3-14,23,36H,15H2,1-2H3. The minimum atomic E-state index is -0.922. The number of nitrogens with zero attached hydrogens (tertiary/aromatic N) is 5. The molecule has 0 bridgehead atoms. The van der Waals surface area contributed by atoms with Gasteiger partial charge >= 0.3 is 5.91 Å². The van der Waals surface area contributed by atoms with Crippen LogP contribution < -0.4 is 4.90 Å². The number of thioether (sulfide) groups is 1. The van der Waals surface area contributed by atoms with Crippen LogP contribution in [0.3, 0.4) is 0 Å². The van der Waals surface area contributed by atoms with Gasteiger partial charge in [-0.1, -0.05) is 71.6 Å². The third-order valence-electron chi connectivity index (χ3n) is 6.75. The van der Waals surface area contributed by atoms with Gasteiger partial charge in [-0.2, -0.15) is 0 Å². The Morgan fingerprint density at radius 1 is 1.02 bits per heavy atom. The molecule has 3 aromatic heterocycles. The van der Waals surface area contributed by atoms with Gasteiger partial charge in [-0.25, -0.2) is 9.37 Å². The van der Waals surface area contributed by atoms with Crippen molar-refractivity contribution in [2.45, 2.75) is 30.0 Å². The summed E-state index contributed by atoms with van der Waals surface area (Å²) in [7, 11) is 0. The van der Waals surface area contributed by atoms with E-state index < -0.39 is 17.7 Å². The van der Waals surface area contributed by atoms with E-state index in [1.54, 1.807) is 43.3 Å². The molecule has 4 heterocycles. The number of hydrogen-bond donors (Lipinski definition) is 1. The fraction of sp³-hybridized carbons (Fsp3) is 0.138. The topological polar surface area (TPSA) is 101 Å². The molecule has 200 valence electrons. The van der Waals surface area contributed by atoms with Gasteiger partial charge in [0, 0.05) is 11.9 Å². The Labute approximate surface area is 236 Å². The van der Waals surface area contributed by atoms with Gasteiger partial charge in [0.15, 0.2) is 10.1 Å². The van der Waals surface area contributed by atoms with Crippen molar-refractivity contribution in [2.24, 2.45) is 0 Å². The molecule has 1 atom stereocenters. The fourth-order valence-corrected chi connectivity index (χ4v) is 6.56. The van der Waals surface area contributed by atoms with Crippen molar-refractivity contribution in [3.05, 3.63) is 112 Å². The lowest BCUT2D eigenvalue weighted by Gasteiger charge is -2.22. The largest absolute Gasteiger partial charge is 0.505 e. The minimum absolute atomic E-state index is 0.0592. The molecule has 6 rings (SSSR count). The predicted molar refractivity (Wildman–Crippen MR) is 152 cm³/mol.